The topological polar surface area (TPSA) is 49.9 Å². The van der Waals surface area contributed by atoms with Crippen molar-refractivity contribution in [1.29, 1.82) is 0 Å². The standard InChI is InChI=1S/C21H24N2O3/c1-4-26-18-11-9-17(10-12-18)23-14-13-22(16(3)20(23)24)21(25)19-8-6-5-7-15(19)2/h5-12,16H,4,13-14H2,1-3H3/t16-/m1/s1. The summed E-state index contributed by atoms with van der Waals surface area (Å²) in [6.45, 7) is 7.23. The van der Waals surface area contributed by atoms with Gasteiger partial charge in [-0.2, -0.15) is 0 Å². The molecule has 0 unspecified atom stereocenters. The van der Waals surface area contributed by atoms with E-state index in [1.54, 1.807) is 16.7 Å². The Morgan fingerprint density at radius 1 is 1.12 bits per heavy atom. The number of piperazine rings is 1. The van der Waals surface area contributed by atoms with Crippen LogP contribution < -0.4 is 9.64 Å². The molecule has 0 aliphatic carbocycles. The number of benzene rings is 2. The largest absolute Gasteiger partial charge is 0.494 e. The van der Waals surface area contributed by atoms with E-state index in [0.29, 0.717) is 25.3 Å². The van der Waals surface area contributed by atoms with Gasteiger partial charge in [0.05, 0.1) is 6.61 Å². The van der Waals surface area contributed by atoms with Crippen molar-refractivity contribution in [3.8, 4) is 5.75 Å². The first kappa shape index (κ1) is 18.0. The summed E-state index contributed by atoms with van der Waals surface area (Å²) in [4.78, 5) is 29.1. The SMILES string of the molecule is CCOc1ccc(N2CCN(C(=O)c3ccccc3C)[C@H](C)C2=O)cc1. The maximum atomic E-state index is 12.9. The Morgan fingerprint density at radius 2 is 1.81 bits per heavy atom. The molecule has 0 spiro atoms. The molecule has 0 bridgehead atoms. The first-order valence-electron chi connectivity index (χ1n) is 8.93. The van der Waals surface area contributed by atoms with Gasteiger partial charge in [-0.3, -0.25) is 9.59 Å². The van der Waals surface area contributed by atoms with Crippen molar-refractivity contribution in [3.05, 3.63) is 59.7 Å². The summed E-state index contributed by atoms with van der Waals surface area (Å²) in [5.41, 5.74) is 2.40. The minimum absolute atomic E-state index is 0.0673. The van der Waals surface area contributed by atoms with E-state index in [1.807, 2.05) is 62.4 Å². The van der Waals surface area contributed by atoms with Crippen molar-refractivity contribution in [1.82, 2.24) is 4.90 Å². The van der Waals surface area contributed by atoms with Gasteiger partial charge in [0.1, 0.15) is 11.8 Å². The number of hydrogen-bond acceptors (Lipinski definition) is 3. The molecule has 26 heavy (non-hydrogen) atoms. The summed E-state index contributed by atoms with van der Waals surface area (Å²) >= 11 is 0. The van der Waals surface area contributed by atoms with Crippen LogP contribution in [0.25, 0.3) is 0 Å². The van der Waals surface area contributed by atoms with Crippen LogP contribution >= 0.6 is 0 Å². The lowest BCUT2D eigenvalue weighted by Crippen LogP contribution is -2.57. The van der Waals surface area contributed by atoms with Gasteiger partial charge in [0.25, 0.3) is 5.91 Å². The van der Waals surface area contributed by atoms with Crippen molar-refractivity contribution in [2.24, 2.45) is 0 Å². The Bertz CT molecular complexity index is 801. The van der Waals surface area contributed by atoms with Crippen molar-refractivity contribution in [3.63, 3.8) is 0 Å². The first-order valence-corrected chi connectivity index (χ1v) is 8.93. The van der Waals surface area contributed by atoms with E-state index < -0.39 is 6.04 Å². The fraction of sp³-hybridized carbons (Fsp3) is 0.333. The summed E-state index contributed by atoms with van der Waals surface area (Å²) < 4.78 is 5.45. The predicted molar refractivity (Wildman–Crippen MR) is 102 cm³/mol. The van der Waals surface area contributed by atoms with Crippen molar-refractivity contribution >= 4 is 17.5 Å². The molecule has 3 rings (SSSR count). The van der Waals surface area contributed by atoms with Gasteiger partial charge in [0.2, 0.25) is 5.91 Å². The molecule has 5 heteroatoms. The van der Waals surface area contributed by atoms with Crippen LogP contribution in [0.5, 0.6) is 5.75 Å². The van der Waals surface area contributed by atoms with E-state index in [9.17, 15) is 9.59 Å². The zero-order chi connectivity index (χ0) is 18.7. The highest BCUT2D eigenvalue weighted by Crippen LogP contribution is 2.24. The average Bonchev–Trinajstić information content (AvgIpc) is 2.65. The number of hydrogen-bond donors (Lipinski definition) is 0. The van der Waals surface area contributed by atoms with Gasteiger partial charge in [0.15, 0.2) is 0 Å². The third-order valence-corrected chi connectivity index (χ3v) is 4.75. The number of nitrogens with zero attached hydrogens (tertiary/aromatic N) is 2. The Labute approximate surface area is 154 Å². The van der Waals surface area contributed by atoms with Crippen LogP contribution in [-0.4, -0.2) is 42.5 Å². The quantitative estimate of drug-likeness (QED) is 0.848. The molecular formula is C21H24N2O3. The molecule has 1 aliphatic heterocycles. The summed E-state index contributed by atoms with van der Waals surface area (Å²) in [6.07, 6.45) is 0. The average molecular weight is 352 g/mol. The first-order chi connectivity index (χ1) is 12.5. The number of anilines is 1. The van der Waals surface area contributed by atoms with Crippen molar-refractivity contribution < 1.29 is 14.3 Å². The molecular weight excluding hydrogens is 328 g/mol. The number of carbonyl (C=O) groups excluding carboxylic acids is 2. The molecule has 1 saturated heterocycles. The monoisotopic (exact) mass is 352 g/mol. The summed E-state index contributed by atoms with van der Waals surface area (Å²) in [5.74, 6) is 0.628. The predicted octanol–water partition coefficient (Wildman–Crippen LogP) is 3.27. The molecule has 1 atom stereocenters. The highest BCUT2D eigenvalue weighted by molar-refractivity contribution is 6.03. The molecule has 5 nitrogen and oxygen atoms in total. The van der Waals surface area contributed by atoms with Gasteiger partial charge in [-0.25, -0.2) is 0 Å². The maximum absolute atomic E-state index is 12.9. The van der Waals surface area contributed by atoms with E-state index >= 15 is 0 Å². The van der Waals surface area contributed by atoms with Crippen LogP contribution in [0.3, 0.4) is 0 Å². The Morgan fingerprint density at radius 3 is 2.46 bits per heavy atom. The molecule has 2 aromatic rings. The van der Waals surface area contributed by atoms with E-state index in [2.05, 4.69) is 0 Å². The van der Waals surface area contributed by atoms with Gasteiger partial charge < -0.3 is 14.5 Å². The molecule has 0 radical (unpaired) electrons. The lowest BCUT2D eigenvalue weighted by Gasteiger charge is -2.39. The second kappa shape index (κ2) is 7.60. The number of aryl methyl sites for hydroxylation is 1. The fourth-order valence-corrected chi connectivity index (χ4v) is 3.26. The van der Waals surface area contributed by atoms with Gasteiger partial charge in [-0.1, -0.05) is 18.2 Å². The van der Waals surface area contributed by atoms with Crippen LogP contribution in [-0.2, 0) is 4.79 Å². The highest BCUT2D eigenvalue weighted by Gasteiger charge is 2.35. The second-order valence-electron chi connectivity index (χ2n) is 6.41. The smallest absolute Gasteiger partial charge is 0.254 e. The van der Waals surface area contributed by atoms with Gasteiger partial charge in [-0.05, 0) is 56.7 Å². The number of carbonyl (C=O) groups is 2. The normalized spacial score (nSPS) is 17.3. The second-order valence-corrected chi connectivity index (χ2v) is 6.41. The number of amides is 2. The van der Waals surface area contributed by atoms with E-state index in [-0.39, 0.29) is 11.8 Å². The van der Waals surface area contributed by atoms with E-state index in [4.69, 9.17) is 4.74 Å². The van der Waals surface area contributed by atoms with Crippen LogP contribution in [0.4, 0.5) is 5.69 Å². The minimum atomic E-state index is -0.498. The molecule has 136 valence electrons. The third-order valence-electron chi connectivity index (χ3n) is 4.75. The summed E-state index contributed by atoms with van der Waals surface area (Å²) in [6, 6.07) is 14.5. The summed E-state index contributed by atoms with van der Waals surface area (Å²) in [5, 5.41) is 0. The molecule has 0 saturated carbocycles. The molecule has 0 aromatic heterocycles. The summed E-state index contributed by atoms with van der Waals surface area (Å²) in [7, 11) is 0. The lowest BCUT2D eigenvalue weighted by atomic mass is 10.0. The van der Waals surface area contributed by atoms with Crippen molar-refractivity contribution in [2.45, 2.75) is 26.8 Å². The molecule has 1 fully saturated rings. The van der Waals surface area contributed by atoms with E-state index in [0.717, 1.165) is 17.0 Å². The van der Waals surface area contributed by atoms with Crippen LogP contribution in [0.2, 0.25) is 0 Å². The van der Waals surface area contributed by atoms with Crippen LogP contribution in [0.1, 0.15) is 29.8 Å². The lowest BCUT2D eigenvalue weighted by molar-refractivity contribution is -0.124. The van der Waals surface area contributed by atoms with Crippen LogP contribution in [0, 0.1) is 6.92 Å². The Kier molecular flexibility index (Phi) is 5.26. The maximum Gasteiger partial charge on any atom is 0.254 e. The highest BCUT2D eigenvalue weighted by atomic mass is 16.5. The van der Waals surface area contributed by atoms with Crippen molar-refractivity contribution in [2.75, 3.05) is 24.6 Å². The van der Waals surface area contributed by atoms with Gasteiger partial charge >= 0.3 is 0 Å². The zero-order valence-electron chi connectivity index (χ0n) is 15.4. The molecule has 0 N–H and O–H groups in total. The molecule has 2 aromatic carbocycles. The van der Waals surface area contributed by atoms with E-state index in [1.165, 1.54) is 0 Å². The minimum Gasteiger partial charge on any atom is -0.494 e. The van der Waals surface area contributed by atoms with Gasteiger partial charge in [-0.15, -0.1) is 0 Å². The van der Waals surface area contributed by atoms with Crippen LogP contribution in [0.15, 0.2) is 48.5 Å². The zero-order valence-corrected chi connectivity index (χ0v) is 15.4. The number of rotatable bonds is 4. The number of ether oxygens (including phenoxy) is 1. The third kappa shape index (κ3) is 3.43. The van der Waals surface area contributed by atoms with Gasteiger partial charge in [0, 0.05) is 24.3 Å². The Hall–Kier alpha value is -2.82. The molecule has 1 aliphatic rings. The molecule has 2 amide bonds. The molecule has 1 heterocycles. The fourth-order valence-electron chi connectivity index (χ4n) is 3.26. The Balaban J connectivity index is 1.76.